The molecule has 0 spiro atoms. The van der Waals surface area contributed by atoms with Gasteiger partial charge in [0, 0.05) is 1.43 Å². The van der Waals surface area contributed by atoms with Crippen molar-refractivity contribution in [2.24, 2.45) is 0 Å². The molecule has 5 heteroatoms. The summed E-state index contributed by atoms with van der Waals surface area (Å²) in [5, 5.41) is 4.10. The topological polar surface area (TPSA) is 63.6 Å². The second kappa shape index (κ2) is 4.83. The molecule has 2 aromatic rings. The molecule has 2 heterocycles. The van der Waals surface area contributed by atoms with Gasteiger partial charge in [0.15, 0.2) is 5.52 Å². The van der Waals surface area contributed by atoms with Gasteiger partial charge in [0.25, 0.3) is 5.56 Å². The summed E-state index contributed by atoms with van der Waals surface area (Å²) in [4.78, 5) is 19.3. The van der Waals surface area contributed by atoms with Crippen molar-refractivity contribution < 1.29 is 1.43 Å². The van der Waals surface area contributed by atoms with Crippen molar-refractivity contribution in [2.75, 3.05) is 0 Å². The Bertz CT molecular complexity index is 696. The number of aromatic nitrogens is 4. The molecule has 2 rings (SSSR count). The Hall–Kier alpha value is -2.43. The van der Waals surface area contributed by atoms with E-state index in [-0.39, 0.29) is 6.99 Å². The van der Waals surface area contributed by atoms with Crippen LogP contribution in [-0.2, 0) is 6.54 Å². The normalized spacial score (nSPS) is 11.7. The summed E-state index contributed by atoms with van der Waals surface area (Å²) in [6, 6.07) is 0. The maximum atomic E-state index is 12.1. The average molecular weight is 244 g/mol. The Morgan fingerprint density at radius 1 is 1.61 bits per heavy atom. The lowest BCUT2D eigenvalue weighted by molar-refractivity contribution is 0.645. The molecule has 5 nitrogen and oxygen atoms in total. The van der Waals surface area contributed by atoms with Crippen molar-refractivity contribution in [3.8, 4) is 0 Å². The van der Waals surface area contributed by atoms with E-state index in [0.717, 1.165) is 5.57 Å². The SMILES string of the molecule is C=C/C=C(\C=C)Cn1ncc2[nH]c(C)nc2c1=O.[HH]. The van der Waals surface area contributed by atoms with Gasteiger partial charge in [-0.15, -0.1) is 0 Å². The highest BCUT2D eigenvalue weighted by Gasteiger charge is 2.08. The highest BCUT2D eigenvalue weighted by Crippen LogP contribution is 2.05. The number of hydrogen-bond donors (Lipinski definition) is 1. The lowest BCUT2D eigenvalue weighted by Gasteiger charge is -2.04. The molecule has 0 saturated heterocycles. The molecular weight excluding hydrogens is 228 g/mol. The smallest absolute Gasteiger partial charge is 0.295 e. The van der Waals surface area contributed by atoms with Gasteiger partial charge in [0.05, 0.1) is 18.3 Å². The molecular formula is C13H16N4O. The summed E-state index contributed by atoms with van der Waals surface area (Å²) in [6.45, 7) is 9.47. The van der Waals surface area contributed by atoms with Crippen molar-refractivity contribution in [3.63, 3.8) is 0 Å². The number of imidazole rings is 1. The van der Waals surface area contributed by atoms with Crippen LogP contribution in [0.15, 0.2) is 48.0 Å². The van der Waals surface area contributed by atoms with Crippen LogP contribution in [0.3, 0.4) is 0 Å². The lowest BCUT2D eigenvalue weighted by atomic mass is 10.2. The van der Waals surface area contributed by atoms with E-state index in [0.29, 0.717) is 23.4 Å². The first-order chi connectivity index (χ1) is 8.65. The molecule has 0 amide bonds. The summed E-state index contributed by atoms with van der Waals surface area (Å²) in [5.74, 6) is 0.701. The maximum absolute atomic E-state index is 12.1. The van der Waals surface area contributed by atoms with Crippen LogP contribution in [-0.4, -0.2) is 19.7 Å². The Morgan fingerprint density at radius 3 is 3.06 bits per heavy atom. The molecule has 0 aliphatic rings. The summed E-state index contributed by atoms with van der Waals surface area (Å²) in [6.07, 6.45) is 6.72. The second-order valence-electron chi connectivity index (χ2n) is 3.87. The van der Waals surface area contributed by atoms with Crippen LogP contribution in [0.2, 0.25) is 0 Å². The first-order valence-electron chi connectivity index (χ1n) is 5.52. The van der Waals surface area contributed by atoms with Gasteiger partial charge in [-0.25, -0.2) is 9.67 Å². The molecule has 0 aliphatic carbocycles. The van der Waals surface area contributed by atoms with Gasteiger partial charge in [-0.2, -0.15) is 5.10 Å². The Kier molecular flexibility index (Phi) is 3.23. The molecule has 0 bridgehead atoms. The summed E-state index contributed by atoms with van der Waals surface area (Å²) < 4.78 is 1.36. The van der Waals surface area contributed by atoms with Crippen LogP contribution in [0.1, 0.15) is 7.25 Å². The monoisotopic (exact) mass is 244 g/mol. The lowest BCUT2D eigenvalue weighted by Crippen LogP contribution is -2.23. The summed E-state index contributed by atoms with van der Waals surface area (Å²) in [5.41, 5.74) is 1.71. The molecule has 0 fully saturated rings. The van der Waals surface area contributed by atoms with Gasteiger partial charge in [-0.05, 0) is 12.5 Å². The predicted octanol–water partition coefficient (Wildman–Crippen LogP) is 1.97. The number of H-pyrrole nitrogens is 1. The highest BCUT2D eigenvalue weighted by molar-refractivity contribution is 5.72. The van der Waals surface area contributed by atoms with E-state index in [1.54, 1.807) is 31.3 Å². The molecule has 0 atom stereocenters. The average Bonchev–Trinajstić information content (AvgIpc) is 2.73. The van der Waals surface area contributed by atoms with E-state index in [2.05, 4.69) is 28.2 Å². The number of aryl methyl sites for hydroxylation is 1. The molecule has 0 radical (unpaired) electrons. The quantitative estimate of drug-likeness (QED) is 0.836. The molecule has 0 unspecified atom stereocenters. The van der Waals surface area contributed by atoms with Crippen LogP contribution in [0.4, 0.5) is 0 Å². The largest absolute Gasteiger partial charge is 0.341 e. The third-order valence-electron chi connectivity index (χ3n) is 2.54. The summed E-state index contributed by atoms with van der Waals surface area (Å²) in [7, 11) is 0. The Balaban J connectivity index is 0.00000180. The zero-order valence-corrected chi connectivity index (χ0v) is 10.2. The van der Waals surface area contributed by atoms with Crippen molar-refractivity contribution in [3.05, 3.63) is 59.3 Å². The van der Waals surface area contributed by atoms with Gasteiger partial charge >= 0.3 is 0 Å². The van der Waals surface area contributed by atoms with Crippen molar-refractivity contribution >= 4 is 11.0 Å². The minimum atomic E-state index is -0.214. The fourth-order valence-corrected chi connectivity index (χ4v) is 1.69. The van der Waals surface area contributed by atoms with E-state index in [4.69, 9.17) is 0 Å². The number of nitrogens with one attached hydrogen (secondary N) is 1. The van der Waals surface area contributed by atoms with Crippen molar-refractivity contribution in [1.29, 1.82) is 0 Å². The molecule has 18 heavy (non-hydrogen) atoms. The van der Waals surface area contributed by atoms with Crippen LogP contribution in [0.5, 0.6) is 0 Å². The third-order valence-corrected chi connectivity index (χ3v) is 2.54. The van der Waals surface area contributed by atoms with Crippen LogP contribution < -0.4 is 5.56 Å². The fraction of sp³-hybridized carbons (Fsp3) is 0.154. The van der Waals surface area contributed by atoms with Crippen LogP contribution >= 0.6 is 0 Å². The van der Waals surface area contributed by atoms with E-state index in [1.165, 1.54) is 4.68 Å². The van der Waals surface area contributed by atoms with E-state index < -0.39 is 0 Å². The molecule has 0 saturated carbocycles. The Morgan fingerprint density at radius 2 is 2.39 bits per heavy atom. The maximum Gasteiger partial charge on any atom is 0.295 e. The van der Waals surface area contributed by atoms with Crippen molar-refractivity contribution in [2.45, 2.75) is 13.5 Å². The van der Waals surface area contributed by atoms with E-state index >= 15 is 0 Å². The Labute approximate surface area is 106 Å². The van der Waals surface area contributed by atoms with Gasteiger partial charge in [-0.3, -0.25) is 4.79 Å². The zero-order valence-electron chi connectivity index (χ0n) is 10.2. The second-order valence-corrected chi connectivity index (χ2v) is 3.87. The van der Waals surface area contributed by atoms with Gasteiger partial charge in [0.1, 0.15) is 5.82 Å². The highest BCUT2D eigenvalue weighted by atomic mass is 16.1. The standard InChI is InChI=1S/C13H14N4O.H2/c1-4-6-10(5-2)8-17-13(18)12-11(7-14-17)15-9(3)16-12;/h4-7H,1-2,8H2,3H3,(H,15,16);1H/b10-6+;. The molecule has 0 aliphatic heterocycles. The number of nitrogens with zero attached hydrogens (tertiary/aromatic N) is 3. The van der Waals surface area contributed by atoms with E-state index in [1.807, 2.05) is 0 Å². The molecule has 94 valence electrons. The summed E-state index contributed by atoms with van der Waals surface area (Å²) >= 11 is 0. The minimum absolute atomic E-state index is 0. The number of allylic oxidation sites excluding steroid dienone is 4. The van der Waals surface area contributed by atoms with Gasteiger partial charge < -0.3 is 4.98 Å². The number of fused-ring (bicyclic) bond motifs is 1. The van der Waals surface area contributed by atoms with E-state index in [9.17, 15) is 4.79 Å². The number of hydrogen-bond acceptors (Lipinski definition) is 3. The van der Waals surface area contributed by atoms with Crippen LogP contribution in [0.25, 0.3) is 11.0 Å². The number of rotatable bonds is 4. The first kappa shape index (κ1) is 12.0. The van der Waals surface area contributed by atoms with Crippen LogP contribution in [0, 0.1) is 6.92 Å². The fourth-order valence-electron chi connectivity index (χ4n) is 1.69. The third kappa shape index (κ3) is 2.15. The van der Waals surface area contributed by atoms with Gasteiger partial charge in [-0.1, -0.05) is 31.4 Å². The first-order valence-corrected chi connectivity index (χ1v) is 5.52. The molecule has 0 aromatic carbocycles. The molecule has 2 aromatic heterocycles. The number of aromatic amines is 1. The minimum Gasteiger partial charge on any atom is -0.341 e. The van der Waals surface area contributed by atoms with Gasteiger partial charge in [0.2, 0.25) is 0 Å². The molecule has 1 N–H and O–H groups in total. The van der Waals surface area contributed by atoms with Crippen molar-refractivity contribution in [1.82, 2.24) is 19.7 Å². The predicted molar refractivity (Wildman–Crippen MR) is 73.5 cm³/mol. The zero-order chi connectivity index (χ0) is 13.1.